The third-order valence-corrected chi connectivity index (χ3v) is 3.05. The maximum Gasteiger partial charge on any atom is 0.261 e. The summed E-state index contributed by atoms with van der Waals surface area (Å²) in [7, 11) is 0. The maximum absolute atomic E-state index is 12.1. The zero-order chi connectivity index (χ0) is 11.0. The smallest absolute Gasteiger partial charge is 0.261 e. The van der Waals surface area contributed by atoms with Crippen molar-refractivity contribution in [1.29, 1.82) is 0 Å². The Hall–Kier alpha value is -1.68. The maximum atomic E-state index is 12.1. The number of fused-ring (bicyclic) bond motifs is 1. The topological polar surface area (TPSA) is 46.9 Å². The number of hydrogen-bond donors (Lipinski definition) is 1. The van der Waals surface area contributed by atoms with E-state index >= 15 is 0 Å². The normalized spacial score (nSPS) is 16.2. The van der Waals surface area contributed by atoms with Crippen LogP contribution < -0.4 is 10.9 Å². The molecule has 82 valence electrons. The predicted molar refractivity (Wildman–Crippen MR) is 62.4 cm³/mol. The Morgan fingerprint density at radius 3 is 2.94 bits per heavy atom. The van der Waals surface area contributed by atoms with E-state index in [0.717, 1.165) is 25.2 Å². The number of para-hydroxylation sites is 1. The van der Waals surface area contributed by atoms with Crippen LogP contribution >= 0.6 is 0 Å². The first-order chi connectivity index (χ1) is 7.84. The molecular weight excluding hydrogens is 202 g/mol. The van der Waals surface area contributed by atoms with Crippen LogP contribution in [0.25, 0.3) is 10.9 Å². The van der Waals surface area contributed by atoms with Crippen LogP contribution in [0.2, 0.25) is 0 Å². The molecule has 0 atom stereocenters. The Bertz CT molecular complexity index is 572. The molecule has 2 heterocycles. The van der Waals surface area contributed by atoms with Crippen molar-refractivity contribution in [3.05, 3.63) is 40.9 Å². The molecule has 16 heavy (non-hydrogen) atoms. The second-order valence-corrected chi connectivity index (χ2v) is 4.24. The van der Waals surface area contributed by atoms with E-state index < -0.39 is 0 Å². The first-order valence-electron chi connectivity index (χ1n) is 5.49. The lowest BCUT2D eigenvalue weighted by Crippen LogP contribution is -2.45. The van der Waals surface area contributed by atoms with Crippen LogP contribution in [0.15, 0.2) is 35.4 Å². The molecule has 0 radical (unpaired) electrons. The molecule has 1 fully saturated rings. The van der Waals surface area contributed by atoms with Crippen LogP contribution in [0.4, 0.5) is 0 Å². The highest BCUT2D eigenvalue weighted by molar-refractivity contribution is 5.76. The molecule has 0 spiro atoms. The highest BCUT2D eigenvalue weighted by Crippen LogP contribution is 2.08. The van der Waals surface area contributed by atoms with Gasteiger partial charge in [0.1, 0.15) is 0 Å². The number of rotatable bonds is 2. The van der Waals surface area contributed by atoms with Crippen molar-refractivity contribution in [2.24, 2.45) is 5.92 Å². The SMILES string of the molecule is O=c1c2ccccc2ncn1CC1CNC1. The molecule has 0 aliphatic carbocycles. The highest BCUT2D eigenvalue weighted by Gasteiger charge is 2.17. The van der Waals surface area contributed by atoms with Crippen LogP contribution in [0.1, 0.15) is 0 Å². The van der Waals surface area contributed by atoms with Crippen LogP contribution in [-0.2, 0) is 6.54 Å². The zero-order valence-corrected chi connectivity index (χ0v) is 8.89. The lowest BCUT2D eigenvalue weighted by atomic mass is 10.0. The molecule has 0 unspecified atom stereocenters. The van der Waals surface area contributed by atoms with Crippen molar-refractivity contribution in [1.82, 2.24) is 14.9 Å². The summed E-state index contributed by atoms with van der Waals surface area (Å²) in [6.07, 6.45) is 1.66. The number of hydrogen-bond acceptors (Lipinski definition) is 3. The van der Waals surface area contributed by atoms with E-state index in [-0.39, 0.29) is 5.56 Å². The van der Waals surface area contributed by atoms with Gasteiger partial charge >= 0.3 is 0 Å². The second-order valence-electron chi connectivity index (χ2n) is 4.24. The van der Waals surface area contributed by atoms with Gasteiger partial charge in [-0.2, -0.15) is 0 Å². The molecule has 1 aliphatic rings. The molecule has 1 aromatic carbocycles. The molecular formula is C12H13N3O. The number of aromatic nitrogens is 2. The van der Waals surface area contributed by atoms with E-state index in [9.17, 15) is 4.79 Å². The van der Waals surface area contributed by atoms with Gasteiger partial charge in [-0.1, -0.05) is 12.1 Å². The summed E-state index contributed by atoms with van der Waals surface area (Å²) in [6.45, 7) is 2.77. The lowest BCUT2D eigenvalue weighted by molar-refractivity contribution is 0.303. The van der Waals surface area contributed by atoms with Crippen molar-refractivity contribution in [3.63, 3.8) is 0 Å². The van der Waals surface area contributed by atoms with Gasteiger partial charge in [-0.15, -0.1) is 0 Å². The van der Waals surface area contributed by atoms with Crippen LogP contribution in [0.3, 0.4) is 0 Å². The van der Waals surface area contributed by atoms with Crippen LogP contribution in [-0.4, -0.2) is 22.6 Å². The molecule has 0 bridgehead atoms. The van der Waals surface area contributed by atoms with Gasteiger partial charge in [-0.3, -0.25) is 9.36 Å². The molecule has 1 N–H and O–H groups in total. The molecule has 2 aromatic rings. The Kier molecular flexibility index (Phi) is 2.22. The molecule has 1 aliphatic heterocycles. The number of nitrogens with one attached hydrogen (secondary N) is 1. The predicted octanol–water partition coefficient (Wildman–Crippen LogP) is 0.616. The third kappa shape index (κ3) is 1.51. The summed E-state index contributed by atoms with van der Waals surface area (Å²) in [5, 5.41) is 3.91. The zero-order valence-electron chi connectivity index (χ0n) is 8.89. The molecule has 0 saturated carbocycles. The Balaban J connectivity index is 2.05. The Morgan fingerprint density at radius 1 is 1.38 bits per heavy atom. The van der Waals surface area contributed by atoms with Gasteiger partial charge in [0, 0.05) is 25.6 Å². The van der Waals surface area contributed by atoms with Crippen molar-refractivity contribution >= 4 is 10.9 Å². The third-order valence-electron chi connectivity index (χ3n) is 3.05. The fraction of sp³-hybridized carbons (Fsp3) is 0.333. The van der Waals surface area contributed by atoms with Gasteiger partial charge in [-0.05, 0) is 12.1 Å². The quantitative estimate of drug-likeness (QED) is 0.798. The van der Waals surface area contributed by atoms with E-state index in [1.54, 1.807) is 10.9 Å². The van der Waals surface area contributed by atoms with Gasteiger partial charge in [0.2, 0.25) is 0 Å². The Morgan fingerprint density at radius 2 is 2.19 bits per heavy atom. The average Bonchev–Trinajstić information content (AvgIpc) is 2.26. The van der Waals surface area contributed by atoms with E-state index in [4.69, 9.17) is 0 Å². The summed E-state index contributed by atoms with van der Waals surface area (Å²) >= 11 is 0. The summed E-state index contributed by atoms with van der Waals surface area (Å²) < 4.78 is 1.72. The van der Waals surface area contributed by atoms with Crippen molar-refractivity contribution < 1.29 is 0 Å². The lowest BCUT2D eigenvalue weighted by Gasteiger charge is -2.27. The van der Waals surface area contributed by atoms with E-state index in [0.29, 0.717) is 11.3 Å². The summed E-state index contributed by atoms with van der Waals surface area (Å²) in [5.41, 5.74) is 0.841. The fourth-order valence-electron chi connectivity index (χ4n) is 1.99. The summed E-state index contributed by atoms with van der Waals surface area (Å²) in [6, 6.07) is 7.47. The molecule has 1 aromatic heterocycles. The number of benzene rings is 1. The van der Waals surface area contributed by atoms with E-state index in [1.165, 1.54) is 0 Å². The largest absolute Gasteiger partial charge is 0.316 e. The molecule has 4 heteroatoms. The number of nitrogens with zero attached hydrogens (tertiary/aromatic N) is 2. The second kappa shape index (κ2) is 3.72. The van der Waals surface area contributed by atoms with Gasteiger partial charge in [0.25, 0.3) is 5.56 Å². The molecule has 0 amide bonds. The molecule has 3 rings (SSSR count). The summed E-state index contributed by atoms with van der Waals surface area (Å²) in [4.78, 5) is 16.4. The van der Waals surface area contributed by atoms with Gasteiger partial charge in [0.05, 0.1) is 17.2 Å². The minimum Gasteiger partial charge on any atom is -0.316 e. The van der Waals surface area contributed by atoms with E-state index in [2.05, 4.69) is 10.3 Å². The van der Waals surface area contributed by atoms with Crippen molar-refractivity contribution in [3.8, 4) is 0 Å². The highest BCUT2D eigenvalue weighted by atomic mass is 16.1. The van der Waals surface area contributed by atoms with Gasteiger partial charge in [-0.25, -0.2) is 4.98 Å². The van der Waals surface area contributed by atoms with Gasteiger partial charge < -0.3 is 5.32 Å². The minimum absolute atomic E-state index is 0.0671. The average molecular weight is 215 g/mol. The minimum atomic E-state index is 0.0671. The first-order valence-corrected chi connectivity index (χ1v) is 5.49. The monoisotopic (exact) mass is 215 g/mol. The van der Waals surface area contributed by atoms with Crippen molar-refractivity contribution in [2.75, 3.05) is 13.1 Å². The standard InChI is InChI=1S/C12H13N3O/c16-12-10-3-1-2-4-11(10)14-8-15(12)7-9-5-13-6-9/h1-4,8-9,13H,5-7H2. The first kappa shape index (κ1) is 9.54. The Labute approximate surface area is 92.9 Å². The van der Waals surface area contributed by atoms with Crippen LogP contribution in [0, 0.1) is 5.92 Å². The summed E-state index contributed by atoms with van der Waals surface area (Å²) in [5.74, 6) is 0.570. The van der Waals surface area contributed by atoms with Crippen LogP contribution in [0.5, 0.6) is 0 Å². The van der Waals surface area contributed by atoms with Crippen molar-refractivity contribution in [2.45, 2.75) is 6.54 Å². The van der Waals surface area contributed by atoms with Gasteiger partial charge in [0.15, 0.2) is 0 Å². The molecule has 1 saturated heterocycles. The molecule has 4 nitrogen and oxygen atoms in total. The fourth-order valence-corrected chi connectivity index (χ4v) is 1.99. The van der Waals surface area contributed by atoms with E-state index in [1.807, 2.05) is 24.3 Å².